The van der Waals surface area contributed by atoms with Crippen LogP contribution in [0.3, 0.4) is 0 Å². The number of aromatic nitrogens is 2. The predicted molar refractivity (Wildman–Crippen MR) is 92.3 cm³/mol. The van der Waals surface area contributed by atoms with Crippen molar-refractivity contribution < 1.29 is 9.21 Å². The number of ketones is 1. The van der Waals surface area contributed by atoms with Gasteiger partial charge in [-0.05, 0) is 18.9 Å². The Morgan fingerprint density at radius 3 is 2.48 bits per heavy atom. The molecule has 0 saturated carbocycles. The first kappa shape index (κ1) is 16.6. The number of Topliss-reactive ketones (excluding diaryl/α,β-unsaturated/α-hetero) is 1. The molecule has 0 atom stereocenters. The molecule has 0 amide bonds. The van der Waals surface area contributed by atoms with Crippen LogP contribution < -0.4 is 16.9 Å². The highest BCUT2D eigenvalue weighted by molar-refractivity contribution is 5.96. The van der Waals surface area contributed by atoms with Crippen LogP contribution in [0.4, 0.5) is 0 Å². The van der Waals surface area contributed by atoms with Gasteiger partial charge in [-0.2, -0.15) is 0 Å². The number of nitrogens with zero attached hydrogens (tertiary/aromatic N) is 1. The van der Waals surface area contributed by atoms with E-state index in [-0.39, 0.29) is 16.9 Å². The van der Waals surface area contributed by atoms with E-state index in [0.29, 0.717) is 17.5 Å². The van der Waals surface area contributed by atoms with Gasteiger partial charge in [-0.25, -0.2) is 9.59 Å². The summed E-state index contributed by atoms with van der Waals surface area (Å²) in [6.45, 7) is 3.28. The average Bonchev–Trinajstić information content (AvgIpc) is 2.57. The number of H-pyrrole nitrogens is 1. The molecule has 2 aromatic heterocycles. The van der Waals surface area contributed by atoms with Crippen LogP contribution in [0.1, 0.15) is 28.4 Å². The number of aryl methyl sites for hydroxylation is 2. The minimum Gasteiger partial charge on any atom is -0.405 e. The first-order valence-electron chi connectivity index (χ1n) is 7.80. The number of carbonyl (C=O) groups is 1. The molecule has 25 heavy (non-hydrogen) atoms. The lowest BCUT2D eigenvalue weighted by atomic mass is 10.1. The number of benzene rings is 1. The molecule has 0 aliphatic heterocycles. The lowest BCUT2D eigenvalue weighted by Gasteiger charge is -2.07. The van der Waals surface area contributed by atoms with Crippen molar-refractivity contribution in [3.8, 4) is 0 Å². The minimum absolute atomic E-state index is 0.110. The highest BCUT2D eigenvalue weighted by Crippen LogP contribution is 2.10. The fourth-order valence-electron chi connectivity index (χ4n) is 2.65. The molecule has 0 aliphatic carbocycles. The molecule has 0 saturated heterocycles. The first-order valence-corrected chi connectivity index (χ1v) is 7.80. The van der Waals surface area contributed by atoms with Crippen molar-refractivity contribution in [3.05, 3.63) is 78.3 Å². The van der Waals surface area contributed by atoms with Gasteiger partial charge in [0, 0.05) is 11.6 Å². The molecule has 128 valence electrons. The minimum atomic E-state index is -0.797. The summed E-state index contributed by atoms with van der Waals surface area (Å²) in [5.41, 5.74) is -0.392. The smallest absolute Gasteiger partial charge is 0.337 e. The lowest BCUT2D eigenvalue weighted by Crippen LogP contribution is -2.38. The van der Waals surface area contributed by atoms with E-state index in [1.54, 1.807) is 31.2 Å². The Balaban J connectivity index is 2.13. The van der Waals surface area contributed by atoms with E-state index in [9.17, 15) is 19.2 Å². The van der Waals surface area contributed by atoms with Crippen LogP contribution in [-0.4, -0.2) is 15.3 Å². The molecule has 1 aromatic carbocycles. The quantitative estimate of drug-likeness (QED) is 0.723. The number of nitrogens with one attached hydrogen (secondary N) is 1. The van der Waals surface area contributed by atoms with Crippen molar-refractivity contribution in [1.29, 1.82) is 0 Å². The van der Waals surface area contributed by atoms with E-state index in [4.69, 9.17) is 4.42 Å². The Hall–Kier alpha value is -3.22. The maximum atomic E-state index is 12.7. The van der Waals surface area contributed by atoms with Crippen molar-refractivity contribution in [2.24, 2.45) is 0 Å². The molecule has 3 aromatic rings. The summed E-state index contributed by atoms with van der Waals surface area (Å²) < 4.78 is 5.74. The lowest BCUT2D eigenvalue weighted by molar-refractivity contribution is 0.0969. The summed E-state index contributed by atoms with van der Waals surface area (Å²) in [6, 6.07) is 8.08. The second-order valence-corrected chi connectivity index (χ2v) is 5.76. The highest BCUT2D eigenvalue weighted by atomic mass is 16.4. The zero-order valence-electron chi connectivity index (χ0n) is 13.8. The zero-order valence-corrected chi connectivity index (χ0v) is 13.8. The van der Waals surface area contributed by atoms with Gasteiger partial charge in [-0.15, -0.1) is 0 Å². The van der Waals surface area contributed by atoms with Crippen molar-refractivity contribution in [1.82, 2.24) is 9.55 Å². The van der Waals surface area contributed by atoms with Gasteiger partial charge in [0.25, 0.3) is 5.56 Å². The molecule has 0 unspecified atom stereocenters. The molecule has 0 radical (unpaired) electrons. The van der Waals surface area contributed by atoms with E-state index in [0.717, 1.165) is 10.1 Å². The Morgan fingerprint density at radius 2 is 1.84 bits per heavy atom. The Labute approximate surface area is 141 Å². The van der Waals surface area contributed by atoms with Crippen LogP contribution in [0, 0.1) is 6.92 Å². The summed E-state index contributed by atoms with van der Waals surface area (Å²) in [5, 5.41) is 0.110. The van der Waals surface area contributed by atoms with Crippen LogP contribution in [0.15, 0.2) is 49.1 Å². The monoisotopic (exact) mass is 340 g/mol. The topological polar surface area (TPSA) is 102 Å². The molecule has 0 spiro atoms. The molecule has 2 heterocycles. The summed E-state index contributed by atoms with van der Waals surface area (Å²) in [4.78, 5) is 51.1. The number of rotatable bonds is 4. The Morgan fingerprint density at radius 1 is 1.16 bits per heavy atom. The summed E-state index contributed by atoms with van der Waals surface area (Å²) in [6.07, 6.45) is 0.412. The maximum absolute atomic E-state index is 12.7. The van der Waals surface area contributed by atoms with Crippen LogP contribution >= 0.6 is 0 Å². The Bertz CT molecular complexity index is 1130. The average molecular weight is 340 g/mol. The normalized spacial score (nSPS) is 11.0. The Kier molecular flexibility index (Phi) is 4.22. The van der Waals surface area contributed by atoms with Gasteiger partial charge >= 0.3 is 11.3 Å². The second-order valence-electron chi connectivity index (χ2n) is 5.76. The fourth-order valence-corrected chi connectivity index (χ4v) is 2.65. The van der Waals surface area contributed by atoms with Crippen LogP contribution in [0.25, 0.3) is 11.1 Å². The van der Waals surface area contributed by atoms with Crippen LogP contribution in [0.5, 0.6) is 0 Å². The third kappa shape index (κ3) is 3.08. The number of fused-ring (bicyclic) bond motifs is 1. The molecule has 1 N–H and O–H groups in total. The van der Waals surface area contributed by atoms with Gasteiger partial charge in [-0.3, -0.25) is 19.1 Å². The van der Waals surface area contributed by atoms with E-state index >= 15 is 0 Å². The molecule has 7 nitrogen and oxygen atoms in total. The number of hydrogen-bond acceptors (Lipinski definition) is 5. The van der Waals surface area contributed by atoms with Crippen molar-refractivity contribution in [3.63, 3.8) is 0 Å². The molecular formula is C18H16N2O5. The number of aromatic amines is 1. The van der Waals surface area contributed by atoms with Gasteiger partial charge in [-0.1, -0.05) is 36.8 Å². The van der Waals surface area contributed by atoms with Crippen molar-refractivity contribution >= 4 is 16.9 Å². The number of hydrogen-bond donors (Lipinski definition) is 1. The summed E-state index contributed by atoms with van der Waals surface area (Å²) in [5.74, 6) is -0.359. The number of carbonyl (C=O) groups excluding carboxylic acids is 1. The third-order valence-corrected chi connectivity index (χ3v) is 4.02. The van der Waals surface area contributed by atoms with Crippen molar-refractivity contribution in [2.45, 2.75) is 26.8 Å². The third-order valence-electron chi connectivity index (χ3n) is 4.02. The van der Waals surface area contributed by atoms with Crippen molar-refractivity contribution in [2.75, 3.05) is 0 Å². The van der Waals surface area contributed by atoms with Gasteiger partial charge in [0.15, 0.2) is 5.78 Å². The van der Waals surface area contributed by atoms with E-state index in [2.05, 4.69) is 4.98 Å². The molecule has 0 bridgehead atoms. The zero-order chi connectivity index (χ0) is 18.1. The SMILES string of the molecule is CCc1cc(=O)oc2[nH]c(=O)n(CC(=O)c3ccc(C)cc3)c(=O)c12. The van der Waals surface area contributed by atoms with Crippen LogP contribution in [0.2, 0.25) is 0 Å². The van der Waals surface area contributed by atoms with Gasteiger partial charge in [0.2, 0.25) is 5.71 Å². The second kappa shape index (κ2) is 6.35. The molecule has 7 heteroatoms. The molecular weight excluding hydrogens is 324 g/mol. The fraction of sp³-hybridized carbons (Fsp3) is 0.222. The molecule has 0 aliphatic rings. The van der Waals surface area contributed by atoms with Crippen LogP contribution in [-0.2, 0) is 13.0 Å². The van der Waals surface area contributed by atoms with E-state index < -0.39 is 23.4 Å². The van der Waals surface area contributed by atoms with Gasteiger partial charge in [0.05, 0.1) is 6.54 Å². The van der Waals surface area contributed by atoms with Gasteiger partial charge < -0.3 is 4.42 Å². The largest absolute Gasteiger partial charge is 0.405 e. The predicted octanol–water partition coefficient (Wildman–Crippen LogP) is 1.40. The molecule has 0 fully saturated rings. The molecule has 3 rings (SSSR count). The standard InChI is InChI=1S/C18H16N2O5/c1-3-11-8-14(22)25-16-15(11)17(23)20(18(24)19-16)9-13(21)12-6-4-10(2)5-7-12/h4-8H,3,9H2,1-2H3,(H,19,24). The van der Waals surface area contributed by atoms with E-state index in [1.165, 1.54) is 6.07 Å². The highest BCUT2D eigenvalue weighted by Gasteiger charge is 2.16. The van der Waals surface area contributed by atoms with E-state index in [1.807, 2.05) is 6.92 Å². The summed E-state index contributed by atoms with van der Waals surface area (Å²) in [7, 11) is 0. The maximum Gasteiger partial charge on any atom is 0.337 e. The first-order chi connectivity index (χ1) is 11.9. The summed E-state index contributed by atoms with van der Waals surface area (Å²) >= 11 is 0. The van der Waals surface area contributed by atoms with Gasteiger partial charge in [0.1, 0.15) is 5.39 Å².